The molecule has 0 heterocycles. The highest BCUT2D eigenvalue weighted by Gasteiger charge is 2.21. The molecular formula is C14H23ClN2O3S. The monoisotopic (exact) mass is 334 g/mol. The van der Waals surface area contributed by atoms with E-state index in [2.05, 4.69) is 4.72 Å². The highest BCUT2D eigenvalue weighted by Crippen LogP contribution is 2.24. The van der Waals surface area contributed by atoms with Crippen LogP contribution in [0.25, 0.3) is 0 Å². The Balaban J connectivity index is 3.00. The molecule has 5 nitrogen and oxygen atoms in total. The average molecular weight is 335 g/mol. The van der Waals surface area contributed by atoms with Crippen molar-refractivity contribution in [2.75, 3.05) is 20.6 Å². The van der Waals surface area contributed by atoms with Crippen molar-refractivity contribution in [3.8, 4) is 0 Å². The number of hydrogen-bond acceptors (Lipinski definition) is 4. The average Bonchev–Trinajstić information content (AvgIpc) is 2.38. The second kappa shape index (κ2) is 7.56. The van der Waals surface area contributed by atoms with E-state index in [9.17, 15) is 13.5 Å². The molecule has 0 aliphatic carbocycles. The molecule has 0 aliphatic rings. The van der Waals surface area contributed by atoms with Crippen LogP contribution < -0.4 is 4.72 Å². The van der Waals surface area contributed by atoms with Crippen molar-refractivity contribution < 1.29 is 13.5 Å². The molecule has 0 aromatic heterocycles. The van der Waals surface area contributed by atoms with E-state index in [4.69, 9.17) is 11.6 Å². The first-order valence-corrected chi connectivity index (χ1v) is 8.60. The summed E-state index contributed by atoms with van der Waals surface area (Å²) in [6, 6.07) is 2.80. The minimum absolute atomic E-state index is 0.121. The summed E-state index contributed by atoms with van der Waals surface area (Å²) in [5, 5.41) is 9.58. The SMILES string of the molecule is Cc1c(CO)cc(Cl)cc1S(=O)(=O)NC(C)CCN(C)C. The molecule has 120 valence electrons. The molecule has 1 atom stereocenters. The van der Waals surface area contributed by atoms with Gasteiger partial charge in [-0.15, -0.1) is 0 Å². The minimum atomic E-state index is -3.66. The first kappa shape index (κ1) is 18.4. The Hall–Kier alpha value is -0.660. The summed E-state index contributed by atoms with van der Waals surface area (Å²) in [4.78, 5) is 2.12. The standard InChI is InChI=1S/C14H23ClN2O3S/c1-10(5-6-17(3)4)16-21(19,20)14-8-13(15)7-12(9-18)11(14)2/h7-8,10,16,18H,5-6,9H2,1-4H3. The summed E-state index contributed by atoms with van der Waals surface area (Å²) in [5.41, 5.74) is 1.04. The van der Waals surface area contributed by atoms with Gasteiger partial charge in [-0.1, -0.05) is 11.6 Å². The van der Waals surface area contributed by atoms with Crippen LogP contribution in [0.1, 0.15) is 24.5 Å². The van der Waals surface area contributed by atoms with Crippen LogP contribution in [-0.2, 0) is 16.6 Å². The third-order valence-corrected chi connectivity index (χ3v) is 5.19. The van der Waals surface area contributed by atoms with E-state index in [1.807, 2.05) is 25.9 Å². The Morgan fingerprint density at radius 1 is 1.38 bits per heavy atom. The quantitative estimate of drug-likeness (QED) is 0.797. The summed E-state index contributed by atoms with van der Waals surface area (Å²) < 4.78 is 27.6. The van der Waals surface area contributed by atoms with Crippen LogP contribution in [0.15, 0.2) is 17.0 Å². The van der Waals surface area contributed by atoms with Gasteiger partial charge in [-0.3, -0.25) is 0 Å². The van der Waals surface area contributed by atoms with Crippen molar-refractivity contribution in [3.05, 3.63) is 28.3 Å². The van der Waals surface area contributed by atoms with Crippen LogP contribution in [0.5, 0.6) is 0 Å². The van der Waals surface area contributed by atoms with Gasteiger partial charge in [0.25, 0.3) is 0 Å². The van der Waals surface area contributed by atoms with Crippen LogP contribution >= 0.6 is 11.6 Å². The van der Waals surface area contributed by atoms with E-state index in [1.54, 1.807) is 13.0 Å². The van der Waals surface area contributed by atoms with E-state index < -0.39 is 10.0 Å². The fourth-order valence-corrected chi connectivity index (χ4v) is 3.89. The van der Waals surface area contributed by atoms with Gasteiger partial charge in [0.2, 0.25) is 10.0 Å². The predicted octanol–water partition coefficient (Wildman–Crippen LogP) is 1.76. The topological polar surface area (TPSA) is 69.6 Å². The lowest BCUT2D eigenvalue weighted by Gasteiger charge is -2.18. The zero-order valence-electron chi connectivity index (χ0n) is 12.9. The number of hydrogen-bond donors (Lipinski definition) is 2. The maximum absolute atomic E-state index is 12.5. The Bertz CT molecular complexity index is 588. The van der Waals surface area contributed by atoms with Crippen molar-refractivity contribution in [3.63, 3.8) is 0 Å². The number of halogens is 1. The Labute approximate surface area is 132 Å². The molecule has 0 bridgehead atoms. The van der Waals surface area contributed by atoms with Crippen LogP contribution in [0.2, 0.25) is 5.02 Å². The lowest BCUT2D eigenvalue weighted by atomic mass is 10.1. The van der Waals surface area contributed by atoms with Crippen LogP contribution in [0.3, 0.4) is 0 Å². The van der Waals surface area contributed by atoms with Gasteiger partial charge in [0, 0.05) is 11.1 Å². The molecule has 0 radical (unpaired) electrons. The molecule has 0 aliphatic heterocycles. The zero-order valence-corrected chi connectivity index (χ0v) is 14.4. The number of nitrogens with zero attached hydrogens (tertiary/aromatic N) is 1. The van der Waals surface area contributed by atoms with Crippen molar-refractivity contribution in [2.24, 2.45) is 0 Å². The number of nitrogens with one attached hydrogen (secondary N) is 1. The maximum Gasteiger partial charge on any atom is 0.241 e. The van der Waals surface area contributed by atoms with Gasteiger partial charge in [-0.25, -0.2) is 13.1 Å². The van der Waals surface area contributed by atoms with Gasteiger partial charge in [0.15, 0.2) is 0 Å². The normalized spacial score (nSPS) is 13.7. The van der Waals surface area contributed by atoms with Gasteiger partial charge in [-0.05, 0) is 64.2 Å². The molecule has 1 rings (SSSR count). The van der Waals surface area contributed by atoms with Crippen molar-refractivity contribution >= 4 is 21.6 Å². The number of rotatable bonds is 7. The van der Waals surface area contributed by atoms with E-state index >= 15 is 0 Å². The van der Waals surface area contributed by atoms with E-state index in [0.717, 1.165) is 6.54 Å². The molecule has 1 unspecified atom stereocenters. The van der Waals surface area contributed by atoms with Gasteiger partial charge in [0.05, 0.1) is 11.5 Å². The molecule has 0 spiro atoms. The molecule has 2 N–H and O–H groups in total. The summed E-state index contributed by atoms with van der Waals surface area (Å²) in [7, 11) is 0.223. The zero-order chi connectivity index (χ0) is 16.2. The van der Waals surface area contributed by atoms with Crippen molar-refractivity contribution in [2.45, 2.75) is 37.8 Å². The van der Waals surface area contributed by atoms with Gasteiger partial charge in [-0.2, -0.15) is 0 Å². The lowest BCUT2D eigenvalue weighted by molar-refractivity contribution is 0.280. The van der Waals surface area contributed by atoms with Crippen LogP contribution in [0.4, 0.5) is 0 Å². The van der Waals surface area contributed by atoms with Crippen molar-refractivity contribution in [1.82, 2.24) is 9.62 Å². The Morgan fingerprint density at radius 3 is 2.52 bits per heavy atom. The van der Waals surface area contributed by atoms with Gasteiger partial charge >= 0.3 is 0 Å². The van der Waals surface area contributed by atoms with E-state index in [1.165, 1.54) is 6.07 Å². The molecule has 0 saturated heterocycles. The number of aliphatic hydroxyl groups excluding tert-OH is 1. The fourth-order valence-electron chi connectivity index (χ4n) is 1.99. The predicted molar refractivity (Wildman–Crippen MR) is 85.1 cm³/mol. The highest BCUT2D eigenvalue weighted by molar-refractivity contribution is 7.89. The summed E-state index contributed by atoms with van der Waals surface area (Å²) >= 11 is 5.94. The smallest absolute Gasteiger partial charge is 0.241 e. The van der Waals surface area contributed by atoms with E-state index in [-0.39, 0.29) is 17.5 Å². The van der Waals surface area contributed by atoms with Crippen molar-refractivity contribution in [1.29, 1.82) is 0 Å². The molecule has 21 heavy (non-hydrogen) atoms. The Kier molecular flexibility index (Phi) is 6.62. The fraction of sp³-hybridized carbons (Fsp3) is 0.571. The summed E-state index contributed by atoms with van der Waals surface area (Å²) in [5.74, 6) is 0. The molecule has 0 saturated carbocycles. The number of benzene rings is 1. The third-order valence-electron chi connectivity index (χ3n) is 3.26. The molecule has 7 heteroatoms. The lowest BCUT2D eigenvalue weighted by Crippen LogP contribution is -2.35. The molecular weight excluding hydrogens is 312 g/mol. The van der Waals surface area contributed by atoms with Gasteiger partial charge in [0.1, 0.15) is 0 Å². The number of sulfonamides is 1. The first-order chi connectivity index (χ1) is 9.67. The third kappa shape index (κ3) is 5.23. The summed E-state index contributed by atoms with van der Waals surface area (Å²) in [6.45, 7) is 4.04. The first-order valence-electron chi connectivity index (χ1n) is 6.74. The number of aliphatic hydroxyl groups is 1. The molecule has 1 aromatic carbocycles. The largest absolute Gasteiger partial charge is 0.392 e. The van der Waals surface area contributed by atoms with Crippen LogP contribution in [-0.4, -0.2) is 45.1 Å². The Morgan fingerprint density at radius 2 is 2.00 bits per heavy atom. The van der Waals surface area contributed by atoms with Crippen LogP contribution in [0, 0.1) is 6.92 Å². The van der Waals surface area contributed by atoms with Gasteiger partial charge < -0.3 is 10.0 Å². The second-order valence-corrected chi connectivity index (χ2v) is 7.58. The molecule has 1 aromatic rings. The molecule has 0 amide bonds. The highest BCUT2D eigenvalue weighted by atomic mass is 35.5. The second-order valence-electron chi connectivity index (χ2n) is 5.46. The van der Waals surface area contributed by atoms with E-state index in [0.29, 0.717) is 22.6 Å². The summed E-state index contributed by atoms with van der Waals surface area (Å²) in [6.07, 6.45) is 0.707. The minimum Gasteiger partial charge on any atom is -0.392 e. The molecule has 0 fully saturated rings. The maximum atomic E-state index is 12.5.